The Balaban J connectivity index is 3.18. The molecule has 0 aliphatic heterocycles. The quantitative estimate of drug-likeness (QED) is 0.497. The fourth-order valence-corrected chi connectivity index (χ4v) is 4.33. The molecule has 0 radical (unpaired) electrons. The molecule has 148 valence electrons. The Hall–Kier alpha value is -2.41. The van der Waals surface area contributed by atoms with E-state index in [4.69, 9.17) is 5.73 Å². The summed E-state index contributed by atoms with van der Waals surface area (Å²) in [5, 5.41) is -1.15. The molecule has 1 unspecified atom stereocenters. The fourth-order valence-electron chi connectivity index (χ4n) is 3.23. The summed E-state index contributed by atoms with van der Waals surface area (Å²) < 4.78 is 27.4. The van der Waals surface area contributed by atoms with E-state index in [0.29, 0.717) is 0 Å². The van der Waals surface area contributed by atoms with Gasteiger partial charge in [-0.1, -0.05) is 76.3 Å². The Morgan fingerprint density at radius 2 is 1.63 bits per heavy atom. The molecule has 0 spiro atoms. The average molecular weight is 393 g/mol. The number of primary amides is 1. The largest absolute Gasteiger partial charge is 0.369 e. The molecule has 0 bridgehead atoms. The number of hydrogen-bond acceptors (Lipinski definition) is 4. The minimum atomic E-state index is -4.14. The highest BCUT2D eigenvalue weighted by Gasteiger charge is 2.51. The number of nitrogens with two attached hydrogens (primary N) is 1. The van der Waals surface area contributed by atoms with Crippen LogP contribution in [0.25, 0.3) is 6.08 Å². The van der Waals surface area contributed by atoms with Crippen molar-refractivity contribution in [2.24, 2.45) is 23.0 Å². The summed E-state index contributed by atoms with van der Waals surface area (Å²) in [6.45, 7) is 10.2. The van der Waals surface area contributed by atoms with E-state index in [0.717, 1.165) is 5.56 Å². The second-order valence-electron chi connectivity index (χ2n) is 6.99. The maximum atomic E-state index is 12.9. The van der Waals surface area contributed by atoms with Crippen LogP contribution in [-0.2, 0) is 19.6 Å². The third-order valence-electron chi connectivity index (χ3n) is 4.71. The number of amides is 2. The molecule has 7 heteroatoms. The normalized spacial score (nSPS) is 13.7. The minimum absolute atomic E-state index is 0.479. The lowest BCUT2D eigenvalue weighted by molar-refractivity contribution is -0.147. The predicted molar refractivity (Wildman–Crippen MR) is 108 cm³/mol. The molecule has 0 aliphatic rings. The lowest BCUT2D eigenvalue weighted by Crippen LogP contribution is -2.57. The lowest BCUT2D eigenvalue weighted by atomic mass is 9.68. The van der Waals surface area contributed by atoms with E-state index in [1.54, 1.807) is 33.8 Å². The average Bonchev–Trinajstić information content (AvgIpc) is 2.54. The molecule has 1 rings (SSSR count). The van der Waals surface area contributed by atoms with Gasteiger partial charge in [0.1, 0.15) is 10.7 Å². The molecule has 6 nitrogen and oxygen atoms in total. The second-order valence-corrected chi connectivity index (χ2v) is 8.83. The van der Waals surface area contributed by atoms with Crippen molar-refractivity contribution in [3.05, 3.63) is 54.6 Å². The van der Waals surface area contributed by atoms with Gasteiger partial charge in [-0.3, -0.25) is 14.3 Å². The van der Waals surface area contributed by atoms with Crippen LogP contribution in [0.3, 0.4) is 0 Å². The molecular formula is C20H28N2O4S. The summed E-state index contributed by atoms with van der Waals surface area (Å²) in [7, 11) is -4.14. The van der Waals surface area contributed by atoms with Crippen LogP contribution in [0.15, 0.2) is 49.1 Å². The third kappa shape index (κ3) is 4.86. The van der Waals surface area contributed by atoms with E-state index in [1.807, 2.05) is 35.1 Å². The van der Waals surface area contributed by atoms with E-state index in [2.05, 4.69) is 6.58 Å². The van der Waals surface area contributed by atoms with Crippen LogP contribution >= 0.6 is 0 Å². The summed E-state index contributed by atoms with van der Waals surface area (Å²) in [4.78, 5) is 25.0. The maximum absolute atomic E-state index is 12.9. The van der Waals surface area contributed by atoms with Crippen LogP contribution in [0.5, 0.6) is 0 Å². The Morgan fingerprint density at radius 1 is 1.11 bits per heavy atom. The van der Waals surface area contributed by atoms with Gasteiger partial charge in [-0.2, -0.15) is 0 Å². The molecule has 0 saturated heterocycles. The standard InChI is InChI=1S/C20H28N2O4S/c1-6-17(13-12-16-10-8-7-9-11-16)27(25,26)22-19(24)20(14(2)3,15(4)5)18(21)23/h6-15,17H,1H2,2-5H3,(H2,21,23)(H,22,24). The van der Waals surface area contributed by atoms with Gasteiger partial charge in [0.25, 0.3) is 0 Å². The van der Waals surface area contributed by atoms with Gasteiger partial charge in [0.15, 0.2) is 0 Å². The number of hydrogen-bond donors (Lipinski definition) is 2. The summed E-state index contributed by atoms with van der Waals surface area (Å²) in [6, 6.07) is 9.13. The predicted octanol–water partition coefficient (Wildman–Crippen LogP) is 2.48. The Labute approximate surface area is 161 Å². The van der Waals surface area contributed by atoms with E-state index in [9.17, 15) is 18.0 Å². The molecule has 0 saturated carbocycles. The third-order valence-corrected chi connectivity index (χ3v) is 6.24. The van der Waals surface area contributed by atoms with Gasteiger partial charge < -0.3 is 5.73 Å². The first-order valence-electron chi connectivity index (χ1n) is 8.71. The number of rotatable bonds is 9. The van der Waals surface area contributed by atoms with Gasteiger partial charge in [0.05, 0.1) is 0 Å². The number of nitrogens with one attached hydrogen (secondary N) is 1. The molecule has 27 heavy (non-hydrogen) atoms. The van der Waals surface area contributed by atoms with Crippen molar-refractivity contribution in [1.29, 1.82) is 0 Å². The Kier molecular flexibility index (Phi) is 7.54. The summed E-state index contributed by atoms with van der Waals surface area (Å²) >= 11 is 0. The summed E-state index contributed by atoms with van der Waals surface area (Å²) in [5.41, 5.74) is 4.68. The fraction of sp³-hybridized carbons (Fsp3) is 0.400. The highest BCUT2D eigenvalue weighted by Crippen LogP contribution is 2.36. The SMILES string of the molecule is C=CC(C=Cc1ccccc1)S(=O)(=O)NC(=O)C(C(N)=O)(C(C)C)C(C)C. The second kappa shape index (κ2) is 8.99. The minimum Gasteiger partial charge on any atom is -0.369 e. The van der Waals surface area contributed by atoms with Crippen molar-refractivity contribution in [2.75, 3.05) is 0 Å². The van der Waals surface area contributed by atoms with Crippen LogP contribution < -0.4 is 10.5 Å². The molecule has 1 aromatic carbocycles. The number of carbonyl (C=O) groups is 2. The van der Waals surface area contributed by atoms with Gasteiger partial charge in [-0.05, 0) is 17.4 Å². The summed E-state index contributed by atoms with van der Waals surface area (Å²) in [5.74, 6) is -2.73. The van der Waals surface area contributed by atoms with Crippen LogP contribution in [0, 0.1) is 17.3 Å². The number of carbonyl (C=O) groups excluding carboxylic acids is 2. The van der Waals surface area contributed by atoms with Crippen molar-refractivity contribution in [2.45, 2.75) is 32.9 Å². The first kappa shape index (κ1) is 22.6. The number of benzene rings is 1. The van der Waals surface area contributed by atoms with E-state index >= 15 is 0 Å². The number of sulfonamides is 1. The molecule has 0 fully saturated rings. The van der Waals surface area contributed by atoms with E-state index < -0.39 is 44.3 Å². The Morgan fingerprint density at radius 3 is 2.04 bits per heavy atom. The van der Waals surface area contributed by atoms with Crippen molar-refractivity contribution in [1.82, 2.24) is 4.72 Å². The van der Waals surface area contributed by atoms with Crippen molar-refractivity contribution >= 4 is 27.9 Å². The zero-order valence-electron chi connectivity index (χ0n) is 16.2. The highest BCUT2D eigenvalue weighted by molar-refractivity contribution is 7.91. The van der Waals surface area contributed by atoms with Crippen LogP contribution in [-0.4, -0.2) is 25.5 Å². The van der Waals surface area contributed by atoms with Crippen LogP contribution in [0.4, 0.5) is 0 Å². The molecule has 1 aromatic rings. The zero-order chi connectivity index (χ0) is 20.8. The molecule has 0 heterocycles. The van der Waals surface area contributed by atoms with E-state index in [1.165, 1.54) is 12.2 Å². The van der Waals surface area contributed by atoms with Gasteiger partial charge in [0, 0.05) is 0 Å². The maximum Gasteiger partial charge on any atom is 0.249 e. The highest BCUT2D eigenvalue weighted by atomic mass is 32.2. The Bertz CT molecular complexity index is 804. The van der Waals surface area contributed by atoms with Crippen molar-refractivity contribution < 1.29 is 18.0 Å². The molecule has 3 N–H and O–H groups in total. The molecule has 0 aliphatic carbocycles. The smallest absolute Gasteiger partial charge is 0.249 e. The monoisotopic (exact) mass is 392 g/mol. The first-order chi connectivity index (χ1) is 12.5. The van der Waals surface area contributed by atoms with E-state index in [-0.39, 0.29) is 0 Å². The zero-order valence-corrected chi connectivity index (χ0v) is 17.0. The van der Waals surface area contributed by atoms with Gasteiger partial charge in [-0.15, -0.1) is 6.58 Å². The van der Waals surface area contributed by atoms with Gasteiger partial charge >= 0.3 is 0 Å². The topological polar surface area (TPSA) is 106 Å². The van der Waals surface area contributed by atoms with Crippen molar-refractivity contribution in [3.63, 3.8) is 0 Å². The summed E-state index contributed by atoms with van der Waals surface area (Å²) in [6.07, 6.45) is 4.27. The molecular weight excluding hydrogens is 364 g/mol. The lowest BCUT2D eigenvalue weighted by Gasteiger charge is -2.36. The first-order valence-corrected chi connectivity index (χ1v) is 10.3. The van der Waals surface area contributed by atoms with Gasteiger partial charge in [0.2, 0.25) is 21.8 Å². The van der Waals surface area contributed by atoms with Gasteiger partial charge in [-0.25, -0.2) is 8.42 Å². The van der Waals surface area contributed by atoms with Crippen LogP contribution in [0.2, 0.25) is 0 Å². The van der Waals surface area contributed by atoms with Crippen molar-refractivity contribution in [3.8, 4) is 0 Å². The molecule has 0 aromatic heterocycles. The molecule has 2 amide bonds. The molecule has 1 atom stereocenters. The van der Waals surface area contributed by atoms with Crippen LogP contribution in [0.1, 0.15) is 33.3 Å².